The van der Waals surface area contributed by atoms with E-state index in [4.69, 9.17) is 10.8 Å². The van der Waals surface area contributed by atoms with E-state index in [1.54, 1.807) is 0 Å². The molecule has 0 bridgehead atoms. The standard InChI is InChI=1S/C9H9F3N2O4/c1-17-7-6(8(15)16)5(18-9(10,11)12)2-4(3-13)14-7/h2H,3,13H2,1H3,(H,15,16). The molecule has 0 saturated carbocycles. The summed E-state index contributed by atoms with van der Waals surface area (Å²) in [5.41, 5.74) is 4.43. The molecule has 0 amide bonds. The maximum absolute atomic E-state index is 12.1. The fourth-order valence-corrected chi connectivity index (χ4v) is 1.20. The molecule has 0 aliphatic heterocycles. The highest BCUT2D eigenvalue weighted by atomic mass is 19.4. The van der Waals surface area contributed by atoms with Crippen LogP contribution in [0, 0.1) is 0 Å². The number of halogens is 3. The molecule has 0 aliphatic carbocycles. The SMILES string of the molecule is COc1nc(CN)cc(OC(F)(F)F)c1C(=O)O. The van der Waals surface area contributed by atoms with E-state index in [0.717, 1.165) is 13.2 Å². The lowest BCUT2D eigenvalue weighted by atomic mass is 10.2. The van der Waals surface area contributed by atoms with Crippen LogP contribution in [0.3, 0.4) is 0 Å². The van der Waals surface area contributed by atoms with Crippen molar-refractivity contribution in [3.63, 3.8) is 0 Å². The predicted molar refractivity (Wildman–Crippen MR) is 52.3 cm³/mol. The number of carbonyl (C=O) groups is 1. The van der Waals surface area contributed by atoms with Gasteiger partial charge in [0.05, 0.1) is 12.8 Å². The molecule has 0 unspecified atom stereocenters. The number of alkyl halides is 3. The first kappa shape index (κ1) is 14.0. The zero-order chi connectivity index (χ0) is 13.9. The van der Waals surface area contributed by atoms with Gasteiger partial charge in [0.2, 0.25) is 5.88 Å². The molecule has 0 fully saturated rings. The van der Waals surface area contributed by atoms with Gasteiger partial charge in [-0.1, -0.05) is 0 Å². The molecule has 0 atom stereocenters. The topological polar surface area (TPSA) is 94.7 Å². The number of pyridine rings is 1. The van der Waals surface area contributed by atoms with Gasteiger partial charge in [0, 0.05) is 12.6 Å². The summed E-state index contributed by atoms with van der Waals surface area (Å²) in [4.78, 5) is 14.5. The summed E-state index contributed by atoms with van der Waals surface area (Å²) in [7, 11) is 1.08. The second-order valence-electron chi connectivity index (χ2n) is 3.05. The highest BCUT2D eigenvalue weighted by Gasteiger charge is 2.34. The molecule has 18 heavy (non-hydrogen) atoms. The molecule has 0 aromatic carbocycles. The number of nitrogens with two attached hydrogens (primary N) is 1. The Kier molecular flexibility index (Phi) is 3.96. The minimum Gasteiger partial charge on any atom is -0.480 e. The summed E-state index contributed by atoms with van der Waals surface area (Å²) in [5, 5.41) is 8.84. The van der Waals surface area contributed by atoms with Crippen molar-refractivity contribution in [3.05, 3.63) is 17.3 Å². The summed E-state index contributed by atoms with van der Waals surface area (Å²) in [6.45, 7) is -0.190. The molecule has 9 heteroatoms. The van der Waals surface area contributed by atoms with Gasteiger partial charge >= 0.3 is 12.3 Å². The number of carboxylic acids is 1. The second-order valence-corrected chi connectivity index (χ2v) is 3.05. The second kappa shape index (κ2) is 5.08. The smallest absolute Gasteiger partial charge is 0.480 e. The van der Waals surface area contributed by atoms with E-state index in [-0.39, 0.29) is 12.2 Å². The van der Waals surface area contributed by atoms with Crippen LogP contribution in [0.1, 0.15) is 16.1 Å². The average Bonchev–Trinajstić information content (AvgIpc) is 2.25. The van der Waals surface area contributed by atoms with Crippen LogP contribution in [0.4, 0.5) is 13.2 Å². The summed E-state index contributed by atoms with van der Waals surface area (Å²) in [6.07, 6.45) is -5.03. The zero-order valence-electron chi connectivity index (χ0n) is 9.11. The molecule has 0 radical (unpaired) electrons. The van der Waals surface area contributed by atoms with E-state index in [1.807, 2.05) is 0 Å². The predicted octanol–water partition coefficient (Wildman–Crippen LogP) is 1.15. The molecule has 6 nitrogen and oxygen atoms in total. The Bertz CT molecular complexity index is 462. The van der Waals surface area contributed by atoms with Gasteiger partial charge in [-0.2, -0.15) is 0 Å². The monoisotopic (exact) mass is 266 g/mol. The van der Waals surface area contributed by atoms with Crippen LogP contribution in [0.15, 0.2) is 6.07 Å². The molecular weight excluding hydrogens is 257 g/mol. The van der Waals surface area contributed by atoms with Crippen LogP contribution in [-0.4, -0.2) is 29.5 Å². The Morgan fingerprint density at radius 3 is 2.56 bits per heavy atom. The van der Waals surface area contributed by atoms with Crippen molar-refractivity contribution < 1.29 is 32.5 Å². The lowest BCUT2D eigenvalue weighted by molar-refractivity contribution is -0.274. The van der Waals surface area contributed by atoms with Gasteiger partial charge in [-0.05, 0) is 0 Å². The van der Waals surface area contributed by atoms with Crippen LogP contribution >= 0.6 is 0 Å². The largest absolute Gasteiger partial charge is 0.573 e. The number of aromatic carboxylic acids is 1. The Labute approximate surface area is 99.1 Å². The van der Waals surface area contributed by atoms with Crippen LogP contribution in [0.5, 0.6) is 11.6 Å². The van der Waals surface area contributed by atoms with Gasteiger partial charge in [0.15, 0.2) is 11.3 Å². The zero-order valence-corrected chi connectivity index (χ0v) is 9.11. The number of ether oxygens (including phenoxy) is 2. The van der Waals surface area contributed by atoms with E-state index in [2.05, 4.69) is 14.5 Å². The molecule has 1 rings (SSSR count). The normalized spacial score (nSPS) is 11.2. The average molecular weight is 266 g/mol. The summed E-state index contributed by atoms with van der Waals surface area (Å²) >= 11 is 0. The van der Waals surface area contributed by atoms with Crippen molar-refractivity contribution in [2.24, 2.45) is 5.73 Å². The highest BCUT2D eigenvalue weighted by molar-refractivity contribution is 5.93. The van der Waals surface area contributed by atoms with Crippen molar-refractivity contribution in [2.75, 3.05) is 7.11 Å². The van der Waals surface area contributed by atoms with E-state index in [0.29, 0.717) is 0 Å². The fraction of sp³-hybridized carbons (Fsp3) is 0.333. The van der Waals surface area contributed by atoms with E-state index in [1.165, 1.54) is 0 Å². The molecule has 1 aromatic heterocycles. The summed E-state index contributed by atoms with van der Waals surface area (Å²) in [6, 6.07) is 0.805. The van der Waals surface area contributed by atoms with Crippen LogP contribution in [0.25, 0.3) is 0 Å². The number of aromatic nitrogens is 1. The first-order valence-electron chi connectivity index (χ1n) is 4.55. The van der Waals surface area contributed by atoms with Gasteiger partial charge < -0.3 is 20.3 Å². The molecule has 0 aliphatic rings. The molecule has 0 spiro atoms. The maximum Gasteiger partial charge on any atom is 0.573 e. The summed E-state index contributed by atoms with van der Waals surface area (Å²) < 4.78 is 44.7. The van der Waals surface area contributed by atoms with Crippen molar-refractivity contribution in [2.45, 2.75) is 12.9 Å². The first-order valence-corrected chi connectivity index (χ1v) is 4.55. The third kappa shape index (κ3) is 3.23. The number of hydrogen-bond donors (Lipinski definition) is 2. The van der Waals surface area contributed by atoms with Crippen LogP contribution in [-0.2, 0) is 6.54 Å². The van der Waals surface area contributed by atoms with Crippen molar-refractivity contribution >= 4 is 5.97 Å². The Balaban J connectivity index is 3.39. The number of methoxy groups -OCH3 is 1. The number of hydrogen-bond acceptors (Lipinski definition) is 5. The quantitative estimate of drug-likeness (QED) is 0.848. The Morgan fingerprint density at radius 2 is 2.17 bits per heavy atom. The third-order valence-electron chi connectivity index (χ3n) is 1.85. The van der Waals surface area contributed by atoms with Crippen molar-refractivity contribution in [1.29, 1.82) is 0 Å². The number of nitrogens with zero attached hydrogens (tertiary/aromatic N) is 1. The van der Waals surface area contributed by atoms with Gasteiger partial charge in [-0.15, -0.1) is 13.2 Å². The van der Waals surface area contributed by atoms with Crippen LogP contribution < -0.4 is 15.2 Å². The van der Waals surface area contributed by atoms with Crippen molar-refractivity contribution in [1.82, 2.24) is 4.98 Å². The van der Waals surface area contributed by atoms with E-state index in [9.17, 15) is 18.0 Å². The minimum absolute atomic E-state index is 0.0103. The lowest BCUT2D eigenvalue weighted by Crippen LogP contribution is -2.20. The van der Waals surface area contributed by atoms with E-state index < -0.39 is 29.5 Å². The molecule has 3 N–H and O–H groups in total. The number of rotatable bonds is 4. The molecular formula is C9H9F3N2O4. The molecule has 1 aromatic rings. The molecule has 0 saturated heterocycles. The third-order valence-corrected chi connectivity index (χ3v) is 1.85. The molecule has 1 heterocycles. The summed E-state index contributed by atoms with van der Waals surface area (Å²) in [5.74, 6) is -3.06. The van der Waals surface area contributed by atoms with E-state index >= 15 is 0 Å². The minimum atomic E-state index is -5.03. The van der Waals surface area contributed by atoms with Crippen molar-refractivity contribution in [3.8, 4) is 11.6 Å². The lowest BCUT2D eigenvalue weighted by Gasteiger charge is -2.14. The highest BCUT2D eigenvalue weighted by Crippen LogP contribution is 2.32. The van der Waals surface area contributed by atoms with Crippen LogP contribution in [0.2, 0.25) is 0 Å². The first-order chi connectivity index (χ1) is 8.28. The van der Waals surface area contributed by atoms with Gasteiger partial charge in [0.1, 0.15) is 0 Å². The van der Waals surface area contributed by atoms with Gasteiger partial charge in [0.25, 0.3) is 0 Å². The maximum atomic E-state index is 12.1. The fourth-order valence-electron chi connectivity index (χ4n) is 1.20. The Hall–Kier alpha value is -2.03. The number of carboxylic acid groups (broad SMARTS) is 1. The van der Waals surface area contributed by atoms with Gasteiger partial charge in [-0.3, -0.25) is 0 Å². The Morgan fingerprint density at radius 1 is 1.56 bits per heavy atom. The van der Waals surface area contributed by atoms with Gasteiger partial charge in [-0.25, -0.2) is 9.78 Å². The molecule has 100 valence electrons.